The highest BCUT2D eigenvalue weighted by molar-refractivity contribution is 5.97. The van der Waals surface area contributed by atoms with E-state index < -0.39 is 22.9 Å². The summed E-state index contributed by atoms with van der Waals surface area (Å²) in [5.74, 6) is -1.41. The molecule has 1 amide bonds. The number of rotatable bonds is 5. The SMILES string of the molecule is C[C@H](OC(=O)c1cccc([N+](=O)[O-])c1)C(=O)Nc1ccc(C#N)cc1. The van der Waals surface area contributed by atoms with Gasteiger partial charge in [0.15, 0.2) is 6.10 Å². The zero-order chi connectivity index (χ0) is 18.4. The van der Waals surface area contributed by atoms with Crippen LogP contribution in [-0.4, -0.2) is 22.9 Å². The highest BCUT2D eigenvalue weighted by Crippen LogP contribution is 2.15. The third-order valence-corrected chi connectivity index (χ3v) is 3.23. The topological polar surface area (TPSA) is 122 Å². The van der Waals surface area contributed by atoms with Gasteiger partial charge in [0.2, 0.25) is 0 Å². The summed E-state index contributed by atoms with van der Waals surface area (Å²) in [5.41, 5.74) is 0.627. The number of esters is 1. The predicted octanol–water partition coefficient (Wildman–Crippen LogP) is 2.65. The van der Waals surface area contributed by atoms with Crippen molar-refractivity contribution in [2.24, 2.45) is 0 Å². The molecule has 0 heterocycles. The van der Waals surface area contributed by atoms with Crippen LogP contribution in [0.1, 0.15) is 22.8 Å². The van der Waals surface area contributed by atoms with Crippen molar-refractivity contribution >= 4 is 23.3 Å². The number of nitro benzene ring substituents is 1. The summed E-state index contributed by atoms with van der Waals surface area (Å²) in [4.78, 5) is 34.2. The van der Waals surface area contributed by atoms with Crippen LogP contribution in [0.4, 0.5) is 11.4 Å². The number of non-ortho nitro benzene ring substituents is 1. The third kappa shape index (κ3) is 4.62. The fourth-order valence-corrected chi connectivity index (χ4v) is 1.90. The zero-order valence-corrected chi connectivity index (χ0v) is 13.1. The Morgan fingerprint density at radius 3 is 2.52 bits per heavy atom. The average Bonchev–Trinajstić information content (AvgIpc) is 2.62. The molecule has 1 atom stereocenters. The Balaban J connectivity index is 2.00. The lowest BCUT2D eigenvalue weighted by Crippen LogP contribution is -2.30. The number of anilines is 1. The number of nitrogens with one attached hydrogen (secondary N) is 1. The largest absolute Gasteiger partial charge is 0.449 e. The van der Waals surface area contributed by atoms with Gasteiger partial charge in [0, 0.05) is 17.8 Å². The van der Waals surface area contributed by atoms with Crippen molar-refractivity contribution in [3.05, 3.63) is 69.8 Å². The molecule has 2 aromatic rings. The molecular formula is C17H13N3O5. The summed E-state index contributed by atoms with van der Waals surface area (Å²) in [7, 11) is 0. The second-order valence-corrected chi connectivity index (χ2v) is 5.03. The van der Waals surface area contributed by atoms with Gasteiger partial charge in [-0.05, 0) is 37.3 Å². The van der Waals surface area contributed by atoms with Gasteiger partial charge in [0.25, 0.3) is 11.6 Å². The monoisotopic (exact) mass is 339 g/mol. The molecule has 25 heavy (non-hydrogen) atoms. The molecule has 0 aliphatic rings. The molecule has 2 aromatic carbocycles. The Morgan fingerprint density at radius 2 is 1.92 bits per heavy atom. The molecular weight excluding hydrogens is 326 g/mol. The van der Waals surface area contributed by atoms with Crippen molar-refractivity contribution < 1.29 is 19.2 Å². The Hall–Kier alpha value is -3.73. The van der Waals surface area contributed by atoms with E-state index >= 15 is 0 Å². The van der Waals surface area contributed by atoms with E-state index in [1.54, 1.807) is 12.1 Å². The van der Waals surface area contributed by atoms with Crippen molar-refractivity contribution in [3.63, 3.8) is 0 Å². The van der Waals surface area contributed by atoms with Crippen molar-refractivity contribution in [1.82, 2.24) is 0 Å². The quantitative estimate of drug-likeness (QED) is 0.507. The van der Waals surface area contributed by atoms with Crippen LogP contribution in [-0.2, 0) is 9.53 Å². The van der Waals surface area contributed by atoms with Gasteiger partial charge in [-0.15, -0.1) is 0 Å². The minimum absolute atomic E-state index is 0.0211. The van der Waals surface area contributed by atoms with E-state index in [1.165, 1.54) is 37.3 Å². The molecule has 0 radical (unpaired) electrons. The highest BCUT2D eigenvalue weighted by Gasteiger charge is 2.20. The first-order valence-corrected chi connectivity index (χ1v) is 7.17. The van der Waals surface area contributed by atoms with Crippen LogP contribution in [0, 0.1) is 21.4 Å². The maximum atomic E-state index is 12.0. The molecule has 0 saturated carbocycles. The summed E-state index contributed by atoms with van der Waals surface area (Å²) in [6.07, 6.45) is -1.11. The fourth-order valence-electron chi connectivity index (χ4n) is 1.90. The number of carbonyl (C=O) groups excluding carboxylic acids is 2. The Morgan fingerprint density at radius 1 is 1.24 bits per heavy atom. The van der Waals surface area contributed by atoms with Gasteiger partial charge in [0.05, 0.1) is 22.1 Å². The van der Waals surface area contributed by atoms with E-state index in [2.05, 4.69) is 5.32 Å². The second kappa shape index (κ2) is 7.70. The Bertz CT molecular complexity index is 855. The molecule has 0 bridgehead atoms. The molecule has 1 N–H and O–H groups in total. The fraction of sp³-hybridized carbons (Fsp3) is 0.118. The maximum Gasteiger partial charge on any atom is 0.339 e. The molecule has 0 aliphatic heterocycles. The second-order valence-electron chi connectivity index (χ2n) is 5.03. The van der Waals surface area contributed by atoms with Crippen molar-refractivity contribution in [1.29, 1.82) is 5.26 Å². The Kier molecular flexibility index (Phi) is 5.43. The van der Waals surface area contributed by atoms with Gasteiger partial charge in [-0.25, -0.2) is 4.79 Å². The summed E-state index contributed by atoms with van der Waals surface area (Å²) in [6, 6.07) is 13.2. The Labute approximate surface area is 142 Å². The number of benzene rings is 2. The number of amides is 1. The molecule has 0 aliphatic carbocycles. The number of nitro groups is 1. The molecule has 8 nitrogen and oxygen atoms in total. The standard InChI is InChI=1S/C17H13N3O5/c1-11(16(21)19-14-7-5-12(10-18)6-8-14)25-17(22)13-3-2-4-15(9-13)20(23)24/h2-9,11H,1H3,(H,19,21)/t11-/m0/s1. The van der Waals surface area contributed by atoms with Crippen LogP contribution in [0.2, 0.25) is 0 Å². The van der Waals surface area contributed by atoms with Gasteiger partial charge >= 0.3 is 5.97 Å². The lowest BCUT2D eigenvalue weighted by molar-refractivity contribution is -0.384. The number of ether oxygens (including phenoxy) is 1. The minimum Gasteiger partial charge on any atom is -0.449 e. The first kappa shape index (κ1) is 17.6. The number of carbonyl (C=O) groups is 2. The van der Waals surface area contributed by atoms with Gasteiger partial charge in [-0.3, -0.25) is 14.9 Å². The van der Waals surface area contributed by atoms with E-state index in [4.69, 9.17) is 10.00 Å². The maximum absolute atomic E-state index is 12.0. The average molecular weight is 339 g/mol. The van der Waals surface area contributed by atoms with E-state index in [-0.39, 0.29) is 11.3 Å². The molecule has 0 spiro atoms. The number of hydrogen-bond donors (Lipinski definition) is 1. The number of hydrogen-bond acceptors (Lipinski definition) is 6. The van der Waals surface area contributed by atoms with Gasteiger partial charge < -0.3 is 10.1 Å². The van der Waals surface area contributed by atoms with Crippen LogP contribution in [0.5, 0.6) is 0 Å². The van der Waals surface area contributed by atoms with E-state index in [1.807, 2.05) is 6.07 Å². The van der Waals surface area contributed by atoms with Crippen LogP contribution in [0.3, 0.4) is 0 Å². The lowest BCUT2D eigenvalue weighted by atomic mass is 10.2. The van der Waals surface area contributed by atoms with E-state index in [0.717, 1.165) is 6.07 Å². The molecule has 8 heteroatoms. The smallest absolute Gasteiger partial charge is 0.339 e. The third-order valence-electron chi connectivity index (χ3n) is 3.23. The van der Waals surface area contributed by atoms with Crippen molar-refractivity contribution in [2.45, 2.75) is 13.0 Å². The molecule has 0 aromatic heterocycles. The van der Waals surface area contributed by atoms with Crippen LogP contribution >= 0.6 is 0 Å². The van der Waals surface area contributed by atoms with Crippen molar-refractivity contribution in [3.8, 4) is 6.07 Å². The van der Waals surface area contributed by atoms with Crippen LogP contribution in [0.15, 0.2) is 48.5 Å². The van der Waals surface area contributed by atoms with Crippen molar-refractivity contribution in [2.75, 3.05) is 5.32 Å². The predicted molar refractivity (Wildman–Crippen MR) is 87.8 cm³/mol. The molecule has 126 valence electrons. The van der Waals surface area contributed by atoms with Crippen LogP contribution < -0.4 is 5.32 Å². The molecule has 0 unspecified atom stereocenters. The first-order chi connectivity index (χ1) is 11.9. The molecule has 0 fully saturated rings. The molecule has 0 saturated heterocycles. The van der Waals surface area contributed by atoms with Gasteiger partial charge in [-0.1, -0.05) is 6.07 Å². The van der Waals surface area contributed by atoms with E-state index in [9.17, 15) is 19.7 Å². The first-order valence-electron chi connectivity index (χ1n) is 7.17. The van der Waals surface area contributed by atoms with E-state index in [0.29, 0.717) is 11.3 Å². The minimum atomic E-state index is -1.11. The van der Waals surface area contributed by atoms with Crippen LogP contribution in [0.25, 0.3) is 0 Å². The summed E-state index contributed by atoms with van der Waals surface area (Å²) < 4.78 is 5.02. The van der Waals surface area contributed by atoms with Gasteiger partial charge in [0.1, 0.15) is 0 Å². The number of nitrogens with zero attached hydrogens (tertiary/aromatic N) is 2. The number of nitriles is 1. The summed E-state index contributed by atoms with van der Waals surface area (Å²) in [6.45, 7) is 1.38. The lowest BCUT2D eigenvalue weighted by Gasteiger charge is -2.13. The normalized spacial score (nSPS) is 11.0. The van der Waals surface area contributed by atoms with Gasteiger partial charge in [-0.2, -0.15) is 5.26 Å². The summed E-state index contributed by atoms with van der Waals surface area (Å²) in [5, 5.41) is 22.0. The molecule has 2 rings (SSSR count). The highest BCUT2D eigenvalue weighted by atomic mass is 16.6. The zero-order valence-electron chi connectivity index (χ0n) is 13.1. The summed E-state index contributed by atoms with van der Waals surface area (Å²) >= 11 is 0.